The minimum absolute atomic E-state index is 0.0101. The Morgan fingerprint density at radius 1 is 0.905 bits per heavy atom. The number of rotatable bonds is 4. The van der Waals surface area contributed by atoms with Gasteiger partial charge in [0.2, 0.25) is 0 Å². The van der Waals surface area contributed by atoms with Crippen LogP contribution in [-0.2, 0) is 0 Å². The molecule has 0 unspecified atom stereocenters. The van der Waals surface area contributed by atoms with Gasteiger partial charge in [0, 0.05) is 23.5 Å². The van der Waals surface area contributed by atoms with Gasteiger partial charge in [-0.25, -0.2) is 0 Å². The Morgan fingerprint density at radius 3 is 2.33 bits per heavy atom. The Kier molecular flexibility index (Phi) is 4.59. The van der Waals surface area contributed by atoms with Crippen molar-refractivity contribution in [2.75, 3.05) is 5.32 Å². The zero-order chi connectivity index (χ0) is 15.4. The monoisotopic (exact) mass is 279 g/mol. The molecular weight excluding hydrogens is 258 g/mol. The number of allylic oxidation sites excluding steroid dienone is 1. The van der Waals surface area contributed by atoms with Gasteiger partial charge in [-0.1, -0.05) is 24.3 Å². The maximum Gasteiger partial charge on any atom is 0.187 e. The van der Waals surface area contributed by atoms with E-state index in [1.54, 1.807) is 12.3 Å². The van der Waals surface area contributed by atoms with Gasteiger partial charge >= 0.3 is 0 Å². The van der Waals surface area contributed by atoms with Crippen LogP contribution in [0.4, 0.5) is 5.69 Å². The average Bonchev–Trinajstić information content (AvgIpc) is 2.45. The van der Waals surface area contributed by atoms with E-state index in [9.17, 15) is 4.79 Å². The lowest BCUT2D eigenvalue weighted by molar-refractivity contribution is 0.104. The number of carbonyl (C=O) groups is 1. The largest absolute Gasteiger partial charge is 0.361 e. The zero-order valence-corrected chi connectivity index (χ0v) is 13.0. The number of benzene rings is 2. The van der Waals surface area contributed by atoms with Gasteiger partial charge in [-0.05, 0) is 62.1 Å². The fourth-order valence-electron chi connectivity index (χ4n) is 2.09. The fraction of sp³-hybridized carbons (Fsp3) is 0.211. The lowest BCUT2D eigenvalue weighted by Crippen LogP contribution is -1.98. The summed E-state index contributed by atoms with van der Waals surface area (Å²) in [6.45, 7) is 8.15. The summed E-state index contributed by atoms with van der Waals surface area (Å²) in [5.41, 5.74) is 6.43. The standard InChI is InChI=1S/C19H21NO/c1-13-5-6-15(3)18(11-13)20-10-9-19(21)17-8-7-14(2)16(4)12-17/h5-12,20H,1-4H3/b10-9+. The van der Waals surface area contributed by atoms with Gasteiger partial charge in [0.15, 0.2) is 5.78 Å². The Labute approximate surface area is 126 Å². The van der Waals surface area contributed by atoms with Crippen LogP contribution in [-0.4, -0.2) is 5.78 Å². The SMILES string of the molecule is Cc1ccc(C)c(N/C=C/C(=O)c2ccc(C)c(C)c2)c1. The van der Waals surface area contributed by atoms with Crippen LogP contribution in [0.3, 0.4) is 0 Å². The number of anilines is 1. The predicted molar refractivity (Wildman–Crippen MR) is 88.9 cm³/mol. The van der Waals surface area contributed by atoms with Gasteiger partial charge in [-0.3, -0.25) is 4.79 Å². The van der Waals surface area contributed by atoms with Crippen molar-refractivity contribution in [2.45, 2.75) is 27.7 Å². The highest BCUT2D eigenvalue weighted by atomic mass is 16.1. The third kappa shape index (κ3) is 3.82. The molecule has 2 nitrogen and oxygen atoms in total. The Balaban J connectivity index is 2.08. The van der Waals surface area contributed by atoms with Crippen LogP contribution in [0.5, 0.6) is 0 Å². The van der Waals surface area contributed by atoms with Crippen molar-refractivity contribution < 1.29 is 4.79 Å². The molecule has 0 aliphatic carbocycles. The number of carbonyl (C=O) groups excluding carboxylic acids is 1. The second-order valence-electron chi connectivity index (χ2n) is 5.46. The topological polar surface area (TPSA) is 29.1 Å². The van der Waals surface area contributed by atoms with Gasteiger partial charge in [0.1, 0.15) is 0 Å². The number of nitrogens with one attached hydrogen (secondary N) is 1. The normalized spacial score (nSPS) is 10.9. The molecule has 0 saturated carbocycles. The van der Waals surface area contributed by atoms with Crippen molar-refractivity contribution in [3.05, 3.63) is 76.5 Å². The molecule has 0 saturated heterocycles. The highest BCUT2D eigenvalue weighted by Gasteiger charge is 2.03. The van der Waals surface area contributed by atoms with Crippen LogP contribution in [0.2, 0.25) is 0 Å². The van der Waals surface area contributed by atoms with E-state index < -0.39 is 0 Å². The molecule has 0 heterocycles. The van der Waals surface area contributed by atoms with E-state index in [-0.39, 0.29) is 5.78 Å². The lowest BCUT2D eigenvalue weighted by Gasteiger charge is -2.06. The maximum atomic E-state index is 12.1. The summed E-state index contributed by atoms with van der Waals surface area (Å²) >= 11 is 0. The van der Waals surface area contributed by atoms with Crippen molar-refractivity contribution in [3.8, 4) is 0 Å². The summed E-state index contributed by atoms with van der Waals surface area (Å²) in [6.07, 6.45) is 3.28. The van der Waals surface area contributed by atoms with Crippen molar-refractivity contribution in [1.82, 2.24) is 0 Å². The quantitative estimate of drug-likeness (QED) is 0.647. The third-order valence-electron chi connectivity index (χ3n) is 3.66. The first-order valence-corrected chi connectivity index (χ1v) is 7.09. The van der Waals surface area contributed by atoms with Crippen molar-refractivity contribution in [3.63, 3.8) is 0 Å². The van der Waals surface area contributed by atoms with E-state index in [1.165, 1.54) is 11.1 Å². The molecule has 0 atom stereocenters. The number of ketones is 1. The molecule has 21 heavy (non-hydrogen) atoms. The molecule has 0 spiro atoms. The summed E-state index contributed by atoms with van der Waals surface area (Å²) in [5, 5.41) is 3.18. The molecule has 0 fully saturated rings. The first kappa shape index (κ1) is 15.0. The Hall–Kier alpha value is -2.35. The molecule has 0 radical (unpaired) electrons. The van der Waals surface area contributed by atoms with Crippen molar-refractivity contribution in [2.24, 2.45) is 0 Å². The molecule has 0 aromatic heterocycles. The molecule has 2 aromatic carbocycles. The first-order chi connectivity index (χ1) is 9.97. The molecule has 0 aliphatic heterocycles. The van der Waals surface area contributed by atoms with E-state index in [0.717, 1.165) is 22.4 Å². The van der Waals surface area contributed by atoms with Crippen LogP contribution < -0.4 is 5.32 Å². The molecule has 2 rings (SSSR count). The van der Waals surface area contributed by atoms with Gasteiger partial charge in [-0.2, -0.15) is 0 Å². The maximum absolute atomic E-state index is 12.1. The van der Waals surface area contributed by atoms with Crippen molar-refractivity contribution >= 4 is 11.5 Å². The number of hydrogen-bond acceptors (Lipinski definition) is 2. The smallest absolute Gasteiger partial charge is 0.187 e. The summed E-state index contributed by atoms with van der Waals surface area (Å²) in [5.74, 6) is 0.0101. The Bertz CT molecular complexity index is 699. The summed E-state index contributed by atoms with van der Waals surface area (Å²) in [4.78, 5) is 12.1. The van der Waals surface area contributed by atoms with Crippen molar-refractivity contribution in [1.29, 1.82) is 0 Å². The Morgan fingerprint density at radius 2 is 1.62 bits per heavy atom. The molecule has 2 aromatic rings. The van der Waals surface area contributed by atoms with Crippen LogP contribution in [0.1, 0.15) is 32.6 Å². The predicted octanol–water partition coefficient (Wildman–Crippen LogP) is 4.73. The molecule has 0 bridgehead atoms. The molecular formula is C19H21NO. The second kappa shape index (κ2) is 6.40. The highest BCUT2D eigenvalue weighted by molar-refractivity contribution is 6.04. The van der Waals surface area contributed by atoms with Gasteiger partial charge in [0.05, 0.1) is 0 Å². The van der Waals surface area contributed by atoms with Gasteiger partial charge in [-0.15, -0.1) is 0 Å². The van der Waals surface area contributed by atoms with Crippen LogP contribution in [0.15, 0.2) is 48.7 Å². The first-order valence-electron chi connectivity index (χ1n) is 7.09. The molecule has 0 aliphatic rings. The van der Waals surface area contributed by atoms with E-state index in [1.807, 2.05) is 39.0 Å². The number of hydrogen-bond donors (Lipinski definition) is 1. The van der Waals surface area contributed by atoms with Crippen LogP contribution in [0.25, 0.3) is 0 Å². The van der Waals surface area contributed by atoms with Gasteiger partial charge < -0.3 is 5.32 Å². The number of aryl methyl sites for hydroxylation is 4. The summed E-state index contributed by atoms with van der Waals surface area (Å²) < 4.78 is 0. The average molecular weight is 279 g/mol. The lowest BCUT2D eigenvalue weighted by atomic mass is 10.0. The van der Waals surface area contributed by atoms with E-state index >= 15 is 0 Å². The van der Waals surface area contributed by atoms with E-state index in [2.05, 4.69) is 30.4 Å². The fourth-order valence-corrected chi connectivity index (χ4v) is 2.09. The molecule has 1 N–H and O–H groups in total. The van der Waals surface area contributed by atoms with E-state index in [0.29, 0.717) is 0 Å². The van der Waals surface area contributed by atoms with Crippen LogP contribution in [0, 0.1) is 27.7 Å². The summed E-state index contributed by atoms with van der Waals surface area (Å²) in [6, 6.07) is 12.0. The molecule has 2 heteroatoms. The van der Waals surface area contributed by atoms with E-state index in [4.69, 9.17) is 0 Å². The summed E-state index contributed by atoms with van der Waals surface area (Å²) in [7, 11) is 0. The third-order valence-corrected chi connectivity index (χ3v) is 3.66. The zero-order valence-electron chi connectivity index (χ0n) is 13.0. The second-order valence-corrected chi connectivity index (χ2v) is 5.46. The minimum Gasteiger partial charge on any atom is -0.361 e. The highest BCUT2D eigenvalue weighted by Crippen LogP contribution is 2.16. The molecule has 108 valence electrons. The molecule has 0 amide bonds. The van der Waals surface area contributed by atoms with Gasteiger partial charge in [0.25, 0.3) is 0 Å². The van der Waals surface area contributed by atoms with Crippen LogP contribution >= 0.6 is 0 Å². The minimum atomic E-state index is 0.0101.